The number of hydrogen-bond acceptors (Lipinski definition) is 4. The van der Waals surface area contributed by atoms with Gasteiger partial charge in [-0.05, 0) is 40.2 Å². The average molecular weight is 327 g/mol. The Morgan fingerprint density at radius 3 is 2.74 bits per heavy atom. The SMILES string of the molecule is COc1ccc(C(=O)O)c(OCc2ccc(Br)o2)c1. The lowest BCUT2D eigenvalue weighted by molar-refractivity contribution is 0.0691. The summed E-state index contributed by atoms with van der Waals surface area (Å²) in [7, 11) is 1.50. The van der Waals surface area contributed by atoms with Gasteiger partial charge in [0, 0.05) is 6.07 Å². The summed E-state index contributed by atoms with van der Waals surface area (Å²) < 4.78 is 16.4. The van der Waals surface area contributed by atoms with Crippen LogP contribution in [0.1, 0.15) is 16.1 Å². The minimum Gasteiger partial charge on any atom is -0.497 e. The van der Waals surface area contributed by atoms with Crippen LogP contribution in [-0.2, 0) is 6.61 Å². The van der Waals surface area contributed by atoms with E-state index in [1.807, 2.05) is 0 Å². The summed E-state index contributed by atoms with van der Waals surface area (Å²) in [6.07, 6.45) is 0. The van der Waals surface area contributed by atoms with E-state index >= 15 is 0 Å². The zero-order valence-electron chi connectivity index (χ0n) is 10.1. The smallest absolute Gasteiger partial charge is 0.339 e. The number of benzene rings is 1. The van der Waals surface area contributed by atoms with Crippen LogP contribution in [0.15, 0.2) is 39.4 Å². The van der Waals surface area contributed by atoms with E-state index in [0.29, 0.717) is 16.2 Å². The fraction of sp³-hybridized carbons (Fsp3) is 0.154. The van der Waals surface area contributed by atoms with Gasteiger partial charge in [0.15, 0.2) is 4.67 Å². The Kier molecular flexibility index (Phi) is 4.11. The Balaban J connectivity index is 2.19. The Hall–Kier alpha value is -1.95. The van der Waals surface area contributed by atoms with Crippen molar-refractivity contribution in [1.29, 1.82) is 0 Å². The first-order chi connectivity index (χ1) is 9.10. The van der Waals surface area contributed by atoms with Gasteiger partial charge >= 0.3 is 5.97 Å². The highest BCUT2D eigenvalue weighted by Gasteiger charge is 2.13. The van der Waals surface area contributed by atoms with Gasteiger partial charge in [0.1, 0.15) is 29.4 Å². The van der Waals surface area contributed by atoms with Crippen molar-refractivity contribution in [3.05, 3.63) is 46.3 Å². The van der Waals surface area contributed by atoms with Crippen LogP contribution in [0.4, 0.5) is 0 Å². The van der Waals surface area contributed by atoms with Gasteiger partial charge in [-0.1, -0.05) is 0 Å². The van der Waals surface area contributed by atoms with Crippen LogP contribution in [0.2, 0.25) is 0 Å². The summed E-state index contributed by atoms with van der Waals surface area (Å²) in [6.45, 7) is 0.138. The zero-order chi connectivity index (χ0) is 13.8. The number of carboxylic acids is 1. The maximum absolute atomic E-state index is 11.1. The van der Waals surface area contributed by atoms with Crippen molar-refractivity contribution >= 4 is 21.9 Å². The Morgan fingerprint density at radius 1 is 1.37 bits per heavy atom. The minimum atomic E-state index is -1.06. The third-order valence-electron chi connectivity index (χ3n) is 2.42. The van der Waals surface area contributed by atoms with Crippen molar-refractivity contribution in [2.24, 2.45) is 0 Å². The second kappa shape index (κ2) is 5.79. The van der Waals surface area contributed by atoms with Crippen LogP contribution < -0.4 is 9.47 Å². The molecule has 5 nitrogen and oxygen atoms in total. The van der Waals surface area contributed by atoms with Gasteiger partial charge in [-0.25, -0.2) is 4.79 Å². The molecule has 2 aromatic rings. The predicted octanol–water partition coefficient (Wildman–Crippen LogP) is 3.33. The highest BCUT2D eigenvalue weighted by Crippen LogP contribution is 2.26. The van der Waals surface area contributed by atoms with E-state index in [1.54, 1.807) is 18.2 Å². The molecule has 1 heterocycles. The highest BCUT2D eigenvalue weighted by molar-refractivity contribution is 9.10. The number of carbonyl (C=O) groups is 1. The molecule has 0 atom stereocenters. The fourth-order valence-corrected chi connectivity index (χ4v) is 1.84. The topological polar surface area (TPSA) is 68.9 Å². The highest BCUT2D eigenvalue weighted by atomic mass is 79.9. The molecule has 0 aliphatic rings. The van der Waals surface area contributed by atoms with Crippen LogP contribution in [0.5, 0.6) is 11.5 Å². The number of methoxy groups -OCH3 is 1. The van der Waals surface area contributed by atoms with Crippen molar-refractivity contribution in [1.82, 2.24) is 0 Å². The molecule has 1 N–H and O–H groups in total. The summed E-state index contributed by atoms with van der Waals surface area (Å²) in [5.74, 6) is 0.296. The van der Waals surface area contributed by atoms with Gasteiger partial charge in [-0.15, -0.1) is 0 Å². The molecule has 0 fully saturated rings. The van der Waals surface area contributed by atoms with E-state index < -0.39 is 5.97 Å². The maximum atomic E-state index is 11.1. The number of halogens is 1. The van der Waals surface area contributed by atoms with Crippen molar-refractivity contribution in [3.8, 4) is 11.5 Å². The fourth-order valence-electron chi connectivity index (χ4n) is 1.50. The second-order valence-corrected chi connectivity index (χ2v) is 4.44. The van der Waals surface area contributed by atoms with E-state index in [4.69, 9.17) is 19.0 Å². The van der Waals surface area contributed by atoms with E-state index in [2.05, 4.69) is 15.9 Å². The first-order valence-electron chi connectivity index (χ1n) is 5.38. The molecule has 0 saturated carbocycles. The Bertz CT molecular complexity index is 590. The van der Waals surface area contributed by atoms with Gasteiger partial charge in [0.05, 0.1) is 7.11 Å². The quantitative estimate of drug-likeness (QED) is 0.912. The standard InChI is InChI=1S/C13H11BrO5/c1-17-8-2-4-10(13(15)16)11(6-8)18-7-9-3-5-12(14)19-9/h2-6H,7H2,1H3,(H,15,16). The van der Waals surface area contributed by atoms with Crippen molar-refractivity contribution < 1.29 is 23.8 Å². The molecule has 0 aliphatic heterocycles. The van der Waals surface area contributed by atoms with Gasteiger partial charge in [0.2, 0.25) is 0 Å². The molecule has 100 valence electrons. The van der Waals surface area contributed by atoms with Crippen LogP contribution in [0, 0.1) is 0 Å². The summed E-state index contributed by atoms with van der Waals surface area (Å²) in [4.78, 5) is 11.1. The number of hydrogen-bond donors (Lipinski definition) is 1. The van der Waals surface area contributed by atoms with Crippen LogP contribution in [-0.4, -0.2) is 18.2 Å². The monoisotopic (exact) mass is 326 g/mol. The maximum Gasteiger partial charge on any atom is 0.339 e. The molecule has 0 aliphatic carbocycles. The molecule has 0 unspecified atom stereocenters. The molecule has 6 heteroatoms. The third-order valence-corrected chi connectivity index (χ3v) is 2.84. The lowest BCUT2D eigenvalue weighted by atomic mass is 10.2. The number of aromatic carboxylic acids is 1. The van der Waals surface area contributed by atoms with Crippen LogP contribution in [0.3, 0.4) is 0 Å². The van der Waals surface area contributed by atoms with Crippen molar-refractivity contribution in [2.45, 2.75) is 6.61 Å². The first-order valence-corrected chi connectivity index (χ1v) is 6.18. The van der Waals surface area contributed by atoms with E-state index in [1.165, 1.54) is 19.2 Å². The van der Waals surface area contributed by atoms with Gasteiger partial charge < -0.3 is 19.0 Å². The van der Waals surface area contributed by atoms with Crippen LogP contribution >= 0.6 is 15.9 Å². The molecule has 0 spiro atoms. The Labute approximate surface area is 117 Å². The largest absolute Gasteiger partial charge is 0.497 e. The summed E-state index contributed by atoms with van der Waals surface area (Å²) in [5, 5.41) is 9.08. The molecule has 0 amide bonds. The van der Waals surface area contributed by atoms with Crippen molar-refractivity contribution in [3.63, 3.8) is 0 Å². The van der Waals surface area contributed by atoms with Gasteiger partial charge in [0.25, 0.3) is 0 Å². The van der Waals surface area contributed by atoms with E-state index in [-0.39, 0.29) is 17.9 Å². The normalized spacial score (nSPS) is 10.2. The number of rotatable bonds is 5. The number of ether oxygens (including phenoxy) is 2. The van der Waals surface area contributed by atoms with E-state index in [9.17, 15) is 4.79 Å². The molecule has 0 bridgehead atoms. The van der Waals surface area contributed by atoms with Gasteiger partial charge in [-0.3, -0.25) is 0 Å². The van der Waals surface area contributed by atoms with Crippen molar-refractivity contribution in [2.75, 3.05) is 7.11 Å². The molecular weight excluding hydrogens is 316 g/mol. The second-order valence-electron chi connectivity index (χ2n) is 3.66. The summed E-state index contributed by atoms with van der Waals surface area (Å²) in [5.41, 5.74) is 0.0754. The Morgan fingerprint density at radius 2 is 2.16 bits per heavy atom. The molecule has 1 aromatic carbocycles. The molecule has 0 saturated heterocycles. The third kappa shape index (κ3) is 3.29. The molecule has 0 radical (unpaired) electrons. The summed E-state index contributed by atoms with van der Waals surface area (Å²) in [6, 6.07) is 8.02. The average Bonchev–Trinajstić information content (AvgIpc) is 2.81. The lowest BCUT2D eigenvalue weighted by Crippen LogP contribution is -2.03. The molecule has 2 rings (SSSR count). The van der Waals surface area contributed by atoms with Crippen LogP contribution in [0.25, 0.3) is 0 Å². The van der Waals surface area contributed by atoms with E-state index in [0.717, 1.165) is 0 Å². The number of furan rings is 1. The molecule has 1 aromatic heterocycles. The summed E-state index contributed by atoms with van der Waals surface area (Å²) >= 11 is 3.18. The first kappa shape index (κ1) is 13.5. The molecular formula is C13H11BrO5. The minimum absolute atomic E-state index is 0.0754. The predicted molar refractivity (Wildman–Crippen MR) is 70.7 cm³/mol. The zero-order valence-corrected chi connectivity index (χ0v) is 11.6. The molecule has 19 heavy (non-hydrogen) atoms. The van der Waals surface area contributed by atoms with Gasteiger partial charge in [-0.2, -0.15) is 0 Å². The lowest BCUT2D eigenvalue weighted by Gasteiger charge is -2.09. The number of carboxylic acid groups (broad SMARTS) is 1.